The first-order valence-corrected chi connectivity index (χ1v) is 7.88. The fourth-order valence-electron chi connectivity index (χ4n) is 2.36. The molecule has 2 rings (SSSR count). The molecule has 2 unspecified atom stereocenters. The number of nitrogens with two attached hydrogens (primary N) is 1. The smallest absolute Gasteiger partial charge is 0.347 e. The number of nitrogens with one attached hydrogen (secondary N) is 1. The summed E-state index contributed by atoms with van der Waals surface area (Å²) in [6, 6.07) is -0.812. The van der Waals surface area contributed by atoms with E-state index in [0.29, 0.717) is 11.1 Å². The molecule has 0 radical (unpaired) electrons. The van der Waals surface area contributed by atoms with Crippen molar-refractivity contribution in [3.8, 4) is 0 Å². The molecule has 0 aliphatic carbocycles. The van der Waals surface area contributed by atoms with Crippen LogP contribution in [0.2, 0.25) is 0 Å². The summed E-state index contributed by atoms with van der Waals surface area (Å²) >= 11 is 0. The molecular formula is C14H22N4O7. The predicted octanol–water partition coefficient (Wildman–Crippen LogP) is -2.53. The first-order valence-electron chi connectivity index (χ1n) is 7.88. The summed E-state index contributed by atoms with van der Waals surface area (Å²) in [5.74, 6) is -0.730. The second-order valence-electron chi connectivity index (χ2n) is 5.97. The van der Waals surface area contributed by atoms with Gasteiger partial charge in [-0.15, -0.1) is 0 Å². The number of H-pyrrole nitrogens is 1. The van der Waals surface area contributed by atoms with Crippen molar-refractivity contribution in [3.05, 3.63) is 27.0 Å². The second-order valence-corrected chi connectivity index (χ2v) is 5.97. The lowest BCUT2D eigenvalue weighted by Gasteiger charge is -2.19. The number of aliphatic hydroxyl groups is 2. The Labute approximate surface area is 142 Å². The van der Waals surface area contributed by atoms with Crippen LogP contribution in [-0.2, 0) is 14.3 Å². The number of hydrogen-bond acceptors (Lipinski definition) is 9. The molecule has 11 heteroatoms. The number of ether oxygens (including phenoxy) is 2. The molecule has 5 N–H and O–H groups in total. The van der Waals surface area contributed by atoms with Gasteiger partial charge < -0.3 is 25.4 Å². The van der Waals surface area contributed by atoms with Gasteiger partial charge >= 0.3 is 11.7 Å². The topological polar surface area (TPSA) is 170 Å². The van der Waals surface area contributed by atoms with Crippen molar-refractivity contribution in [1.82, 2.24) is 14.8 Å². The number of carbonyl (C=O) groups excluding carboxylic acids is 1. The van der Waals surface area contributed by atoms with Gasteiger partial charge in [0.25, 0.3) is 5.56 Å². The van der Waals surface area contributed by atoms with Crippen LogP contribution in [0.15, 0.2) is 15.8 Å². The molecule has 2 heterocycles. The van der Waals surface area contributed by atoms with Crippen LogP contribution in [0.1, 0.15) is 26.5 Å². The largest absolute Gasteiger partial charge is 0.462 e. The molecule has 0 bridgehead atoms. The summed E-state index contributed by atoms with van der Waals surface area (Å²) in [4.78, 5) is 36.6. The highest BCUT2D eigenvalue weighted by Gasteiger charge is 2.45. The molecule has 0 amide bonds. The van der Waals surface area contributed by atoms with E-state index in [1.807, 2.05) is 11.9 Å². The van der Waals surface area contributed by atoms with Gasteiger partial charge in [-0.1, -0.05) is 20.3 Å². The number of aromatic amines is 1. The molecule has 1 aliphatic heterocycles. The average Bonchev–Trinajstić information content (AvgIpc) is 2.86. The SMILES string of the molecule is CC[C@H](C)[C@H](N)C(=O)OC[C@H]1O[C@@H](n2ncc(=O)[nH]c2=O)C(O)C1O. The maximum atomic E-state index is 11.9. The highest BCUT2D eigenvalue weighted by molar-refractivity contribution is 5.75. The molecule has 6 atom stereocenters. The number of rotatable bonds is 6. The normalized spacial score (nSPS) is 28.5. The van der Waals surface area contributed by atoms with E-state index < -0.39 is 47.8 Å². The van der Waals surface area contributed by atoms with Gasteiger partial charge in [0, 0.05) is 0 Å². The zero-order valence-corrected chi connectivity index (χ0v) is 13.9. The summed E-state index contributed by atoms with van der Waals surface area (Å²) in [7, 11) is 0. The number of nitrogens with zero attached hydrogens (tertiary/aromatic N) is 2. The average molecular weight is 358 g/mol. The van der Waals surface area contributed by atoms with Crippen LogP contribution in [0.25, 0.3) is 0 Å². The molecule has 0 spiro atoms. The van der Waals surface area contributed by atoms with Gasteiger partial charge in [0.05, 0.1) is 0 Å². The Bertz CT molecular complexity index is 718. The molecular weight excluding hydrogens is 336 g/mol. The third-order valence-corrected chi connectivity index (χ3v) is 4.23. The Hall–Kier alpha value is -2.08. The van der Waals surface area contributed by atoms with E-state index in [0.717, 1.165) is 6.20 Å². The molecule has 25 heavy (non-hydrogen) atoms. The fraction of sp³-hybridized carbons (Fsp3) is 0.714. The molecule has 11 nitrogen and oxygen atoms in total. The molecule has 0 aromatic carbocycles. The van der Waals surface area contributed by atoms with Crippen molar-refractivity contribution in [3.63, 3.8) is 0 Å². The van der Waals surface area contributed by atoms with E-state index in [1.54, 1.807) is 6.92 Å². The van der Waals surface area contributed by atoms with Crippen molar-refractivity contribution in [1.29, 1.82) is 0 Å². The van der Waals surface area contributed by atoms with Crippen molar-refractivity contribution in [2.75, 3.05) is 6.61 Å². The van der Waals surface area contributed by atoms with Crippen LogP contribution in [0.3, 0.4) is 0 Å². The number of esters is 1. The van der Waals surface area contributed by atoms with Gasteiger partial charge in [0.1, 0.15) is 37.2 Å². The Morgan fingerprint density at radius 2 is 2.16 bits per heavy atom. The van der Waals surface area contributed by atoms with Crippen LogP contribution in [0.4, 0.5) is 0 Å². The Kier molecular flexibility index (Phi) is 6.06. The lowest BCUT2D eigenvalue weighted by Crippen LogP contribution is -2.41. The van der Waals surface area contributed by atoms with Crippen molar-refractivity contribution in [2.24, 2.45) is 11.7 Å². The molecule has 1 fully saturated rings. The van der Waals surface area contributed by atoms with Gasteiger partial charge in [0.15, 0.2) is 6.23 Å². The maximum Gasteiger partial charge on any atom is 0.347 e. The van der Waals surface area contributed by atoms with E-state index >= 15 is 0 Å². The Balaban J connectivity index is 2.03. The molecule has 1 aliphatic rings. The number of aromatic nitrogens is 3. The highest BCUT2D eigenvalue weighted by Crippen LogP contribution is 2.28. The molecule has 0 saturated carbocycles. The van der Waals surface area contributed by atoms with Crippen LogP contribution >= 0.6 is 0 Å². The fourth-order valence-corrected chi connectivity index (χ4v) is 2.36. The Morgan fingerprint density at radius 3 is 2.76 bits per heavy atom. The lowest BCUT2D eigenvalue weighted by atomic mass is 10.0. The quantitative estimate of drug-likeness (QED) is 0.400. The van der Waals surface area contributed by atoms with E-state index in [-0.39, 0.29) is 12.5 Å². The first-order chi connectivity index (χ1) is 11.8. The van der Waals surface area contributed by atoms with E-state index in [4.69, 9.17) is 15.2 Å². The van der Waals surface area contributed by atoms with Crippen molar-refractivity contribution < 1.29 is 24.5 Å². The third kappa shape index (κ3) is 4.12. The van der Waals surface area contributed by atoms with Gasteiger partial charge in [-0.05, 0) is 5.92 Å². The molecule has 1 aromatic heterocycles. The van der Waals surface area contributed by atoms with Gasteiger partial charge in [-0.3, -0.25) is 14.6 Å². The molecule has 140 valence electrons. The number of hydrogen-bond donors (Lipinski definition) is 4. The summed E-state index contributed by atoms with van der Waals surface area (Å²) < 4.78 is 11.1. The third-order valence-electron chi connectivity index (χ3n) is 4.23. The monoisotopic (exact) mass is 358 g/mol. The van der Waals surface area contributed by atoms with Crippen LogP contribution in [0, 0.1) is 5.92 Å². The van der Waals surface area contributed by atoms with Gasteiger partial charge in [0.2, 0.25) is 0 Å². The summed E-state index contributed by atoms with van der Waals surface area (Å²) in [6.45, 7) is 3.34. The summed E-state index contributed by atoms with van der Waals surface area (Å²) in [5.41, 5.74) is 4.14. The summed E-state index contributed by atoms with van der Waals surface area (Å²) in [6.07, 6.45) is -3.79. The molecule has 1 saturated heterocycles. The first kappa shape index (κ1) is 19.2. The minimum atomic E-state index is -1.50. The number of carbonyl (C=O) groups is 1. The van der Waals surface area contributed by atoms with E-state index in [2.05, 4.69) is 5.10 Å². The zero-order valence-electron chi connectivity index (χ0n) is 13.9. The zero-order chi connectivity index (χ0) is 18.7. The second kappa shape index (κ2) is 7.87. The highest BCUT2D eigenvalue weighted by atomic mass is 16.6. The van der Waals surface area contributed by atoms with Gasteiger partial charge in [-0.25, -0.2) is 4.79 Å². The minimum Gasteiger partial charge on any atom is -0.462 e. The lowest BCUT2D eigenvalue weighted by molar-refractivity contribution is -0.153. The standard InChI is InChI=1S/C14H22N4O7/c1-3-6(2)9(15)13(22)24-5-7-10(20)11(21)12(25-7)18-14(23)17-8(19)4-16-18/h4,6-7,9-12,20-21H,3,5,15H2,1-2H3,(H,17,19,23)/t6-,7+,9-,10?,11?,12+/m0/s1. The minimum absolute atomic E-state index is 0.0795. The predicted molar refractivity (Wildman–Crippen MR) is 83.4 cm³/mol. The van der Waals surface area contributed by atoms with Crippen LogP contribution in [-0.4, -0.2) is 61.9 Å². The van der Waals surface area contributed by atoms with E-state index in [1.165, 1.54) is 0 Å². The Morgan fingerprint density at radius 1 is 1.48 bits per heavy atom. The van der Waals surface area contributed by atoms with Crippen molar-refractivity contribution in [2.45, 2.75) is 50.8 Å². The number of aliphatic hydroxyl groups excluding tert-OH is 2. The molecule has 1 aromatic rings. The van der Waals surface area contributed by atoms with Crippen LogP contribution in [0.5, 0.6) is 0 Å². The van der Waals surface area contributed by atoms with Crippen LogP contribution < -0.4 is 17.0 Å². The summed E-state index contributed by atoms with van der Waals surface area (Å²) in [5, 5.41) is 23.6. The van der Waals surface area contributed by atoms with Crippen molar-refractivity contribution >= 4 is 5.97 Å². The van der Waals surface area contributed by atoms with Gasteiger partial charge in [-0.2, -0.15) is 9.78 Å². The maximum absolute atomic E-state index is 11.9. The van der Waals surface area contributed by atoms with E-state index in [9.17, 15) is 24.6 Å².